The van der Waals surface area contributed by atoms with Crippen molar-refractivity contribution in [3.05, 3.63) is 59.2 Å². The van der Waals surface area contributed by atoms with Crippen LogP contribution in [0.5, 0.6) is 0 Å². The van der Waals surface area contributed by atoms with Gasteiger partial charge in [0.15, 0.2) is 6.61 Å². The van der Waals surface area contributed by atoms with Crippen molar-refractivity contribution in [2.75, 3.05) is 23.8 Å². The van der Waals surface area contributed by atoms with Crippen LogP contribution in [0.4, 0.5) is 11.4 Å². The number of rotatable bonds is 9. The van der Waals surface area contributed by atoms with Gasteiger partial charge in [-0.25, -0.2) is 4.79 Å². The lowest BCUT2D eigenvalue weighted by Crippen LogP contribution is -2.22. The molecule has 0 radical (unpaired) electrons. The fourth-order valence-electron chi connectivity index (χ4n) is 2.70. The Morgan fingerprint density at radius 3 is 2.19 bits per heavy atom. The summed E-state index contributed by atoms with van der Waals surface area (Å²) in [7, 11) is 0. The van der Waals surface area contributed by atoms with E-state index in [4.69, 9.17) is 9.47 Å². The van der Waals surface area contributed by atoms with Gasteiger partial charge in [0.2, 0.25) is 5.91 Å². The highest BCUT2D eigenvalue weighted by molar-refractivity contribution is 5.95. The molecule has 0 aromatic heterocycles. The SMILES string of the molecule is CCOC(=O)c1ccc(NC(=O)CCC(=O)OCC(=O)Nc2ccc(C)cc2C)cc1. The molecule has 164 valence electrons. The highest BCUT2D eigenvalue weighted by Gasteiger charge is 2.12. The van der Waals surface area contributed by atoms with Crippen molar-refractivity contribution in [2.24, 2.45) is 0 Å². The Bertz CT molecular complexity index is 953. The zero-order valence-corrected chi connectivity index (χ0v) is 17.8. The molecule has 2 aromatic carbocycles. The van der Waals surface area contributed by atoms with Crippen LogP contribution in [0.15, 0.2) is 42.5 Å². The number of carbonyl (C=O) groups excluding carboxylic acids is 4. The van der Waals surface area contributed by atoms with Crippen LogP contribution in [0.2, 0.25) is 0 Å². The predicted molar refractivity (Wildman–Crippen MR) is 116 cm³/mol. The summed E-state index contributed by atoms with van der Waals surface area (Å²) in [6, 6.07) is 11.8. The molecule has 0 aliphatic heterocycles. The average Bonchev–Trinajstić information content (AvgIpc) is 2.73. The summed E-state index contributed by atoms with van der Waals surface area (Å²) in [5, 5.41) is 5.31. The second kappa shape index (κ2) is 11.5. The van der Waals surface area contributed by atoms with Gasteiger partial charge in [0.1, 0.15) is 0 Å². The fourth-order valence-corrected chi connectivity index (χ4v) is 2.70. The van der Waals surface area contributed by atoms with Gasteiger partial charge in [0.25, 0.3) is 5.91 Å². The number of benzene rings is 2. The highest BCUT2D eigenvalue weighted by atomic mass is 16.5. The molecule has 2 aromatic rings. The third-order valence-electron chi connectivity index (χ3n) is 4.26. The number of hydrogen-bond donors (Lipinski definition) is 2. The second-order valence-corrected chi connectivity index (χ2v) is 6.87. The number of nitrogens with one attached hydrogen (secondary N) is 2. The molecule has 0 atom stereocenters. The van der Waals surface area contributed by atoms with E-state index in [9.17, 15) is 19.2 Å². The van der Waals surface area contributed by atoms with Gasteiger partial charge in [-0.15, -0.1) is 0 Å². The van der Waals surface area contributed by atoms with Crippen LogP contribution in [0.25, 0.3) is 0 Å². The molecule has 0 spiro atoms. The van der Waals surface area contributed by atoms with E-state index in [0.717, 1.165) is 11.1 Å². The zero-order valence-electron chi connectivity index (χ0n) is 17.8. The van der Waals surface area contributed by atoms with E-state index in [-0.39, 0.29) is 25.4 Å². The van der Waals surface area contributed by atoms with Crippen molar-refractivity contribution in [2.45, 2.75) is 33.6 Å². The summed E-state index contributed by atoms with van der Waals surface area (Å²) >= 11 is 0. The van der Waals surface area contributed by atoms with Gasteiger partial charge in [-0.05, 0) is 56.7 Å². The molecule has 0 saturated heterocycles. The Morgan fingerprint density at radius 2 is 1.55 bits per heavy atom. The quantitative estimate of drug-likeness (QED) is 0.595. The molecule has 2 N–H and O–H groups in total. The number of anilines is 2. The average molecular weight is 426 g/mol. The number of esters is 2. The topological polar surface area (TPSA) is 111 Å². The molecule has 2 rings (SSSR count). The smallest absolute Gasteiger partial charge is 0.338 e. The van der Waals surface area contributed by atoms with Gasteiger partial charge in [0, 0.05) is 17.8 Å². The van der Waals surface area contributed by atoms with Crippen LogP contribution in [0, 0.1) is 13.8 Å². The molecular formula is C23H26N2O6. The normalized spacial score (nSPS) is 10.2. The largest absolute Gasteiger partial charge is 0.462 e. The van der Waals surface area contributed by atoms with Crippen LogP contribution >= 0.6 is 0 Å². The summed E-state index contributed by atoms with van der Waals surface area (Å²) in [6.45, 7) is 5.39. The monoisotopic (exact) mass is 426 g/mol. The first-order chi connectivity index (χ1) is 14.8. The maximum atomic E-state index is 12.0. The Morgan fingerprint density at radius 1 is 0.839 bits per heavy atom. The number of carbonyl (C=O) groups is 4. The minimum atomic E-state index is -0.649. The maximum Gasteiger partial charge on any atom is 0.338 e. The van der Waals surface area contributed by atoms with Crippen LogP contribution in [-0.4, -0.2) is 37.0 Å². The molecule has 0 aliphatic carbocycles. The molecular weight excluding hydrogens is 400 g/mol. The molecule has 0 unspecified atom stereocenters. The third kappa shape index (κ3) is 7.93. The Kier molecular flexibility index (Phi) is 8.75. The summed E-state index contributed by atoms with van der Waals surface area (Å²) in [5.74, 6) is -1.93. The molecule has 0 fully saturated rings. The molecule has 8 heteroatoms. The summed E-state index contributed by atoms with van der Waals surface area (Å²) in [5.41, 5.74) is 3.50. The van der Waals surface area contributed by atoms with Gasteiger partial charge >= 0.3 is 11.9 Å². The van der Waals surface area contributed by atoms with Crippen molar-refractivity contribution >= 4 is 35.1 Å². The van der Waals surface area contributed by atoms with E-state index in [1.807, 2.05) is 26.0 Å². The van der Waals surface area contributed by atoms with Gasteiger partial charge in [-0.2, -0.15) is 0 Å². The number of hydrogen-bond acceptors (Lipinski definition) is 6. The molecule has 0 saturated carbocycles. The third-order valence-corrected chi connectivity index (χ3v) is 4.26. The predicted octanol–water partition coefficient (Wildman–Crippen LogP) is 3.38. The first-order valence-corrected chi connectivity index (χ1v) is 9.88. The molecule has 31 heavy (non-hydrogen) atoms. The van der Waals surface area contributed by atoms with Gasteiger partial charge in [-0.1, -0.05) is 17.7 Å². The minimum Gasteiger partial charge on any atom is -0.462 e. The lowest BCUT2D eigenvalue weighted by atomic mass is 10.1. The lowest BCUT2D eigenvalue weighted by molar-refractivity contribution is -0.147. The van der Waals surface area contributed by atoms with E-state index in [2.05, 4.69) is 10.6 Å². The molecule has 8 nitrogen and oxygen atoms in total. The van der Waals surface area contributed by atoms with Crippen LogP contribution < -0.4 is 10.6 Å². The van der Waals surface area contributed by atoms with Crippen molar-refractivity contribution in [1.29, 1.82) is 0 Å². The Hall–Kier alpha value is -3.68. The Balaban J connectivity index is 1.71. The van der Waals surface area contributed by atoms with Crippen LogP contribution in [0.3, 0.4) is 0 Å². The van der Waals surface area contributed by atoms with Crippen molar-refractivity contribution in [3.63, 3.8) is 0 Å². The van der Waals surface area contributed by atoms with Crippen molar-refractivity contribution in [3.8, 4) is 0 Å². The number of aryl methyl sites for hydroxylation is 2. The maximum absolute atomic E-state index is 12.0. The van der Waals surface area contributed by atoms with E-state index < -0.39 is 24.5 Å². The Labute approximate surface area is 180 Å². The molecule has 0 aliphatic rings. The van der Waals surface area contributed by atoms with E-state index in [1.54, 1.807) is 25.1 Å². The van der Waals surface area contributed by atoms with E-state index in [1.165, 1.54) is 12.1 Å². The molecule has 0 bridgehead atoms. The van der Waals surface area contributed by atoms with E-state index >= 15 is 0 Å². The lowest BCUT2D eigenvalue weighted by Gasteiger charge is -2.10. The first-order valence-electron chi connectivity index (χ1n) is 9.88. The van der Waals surface area contributed by atoms with Gasteiger partial charge < -0.3 is 20.1 Å². The second-order valence-electron chi connectivity index (χ2n) is 6.87. The summed E-state index contributed by atoms with van der Waals surface area (Å²) < 4.78 is 9.81. The van der Waals surface area contributed by atoms with Crippen molar-refractivity contribution < 1.29 is 28.7 Å². The fraction of sp³-hybridized carbons (Fsp3) is 0.304. The van der Waals surface area contributed by atoms with Crippen LogP contribution in [0.1, 0.15) is 41.3 Å². The van der Waals surface area contributed by atoms with E-state index in [0.29, 0.717) is 16.9 Å². The van der Waals surface area contributed by atoms with Gasteiger partial charge in [-0.3, -0.25) is 14.4 Å². The van der Waals surface area contributed by atoms with Crippen molar-refractivity contribution in [1.82, 2.24) is 0 Å². The standard InChI is InChI=1S/C23H26N2O6/c1-4-30-23(29)17-6-8-18(9-7-17)24-20(26)11-12-22(28)31-14-21(27)25-19-10-5-15(2)13-16(19)3/h5-10,13H,4,11-12,14H2,1-3H3,(H,24,26)(H,25,27). The molecule has 0 heterocycles. The zero-order chi connectivity index (χ0) is 22.8. The molecule has 2 amide bonds. The van der Waals surface area contributed by atoms with Gasteiger partial charge in [0.05, 0.1) is 18.6 Å². The summed E-state index contributed by atoms with van der Waals surface area (Å²) in [4.78, 5) is 47.4. The minimum absolute atomic E-state index is 0.100. The highest BCUT2D eigenvalue weighted by Crippen LogP contribution is 2.16. The number of amides is 2. The van der Waals surface area contributed by atoms with Crippen LogP contribution in [-0.2, 0) is 23.9 Å². The first kappa shape index (κ1) is 23.6. The summed E-state index contributed by atoms with van der Waals surface area (Å²) in [6.07, 6.45) is -0.263. The number of ether oxygens (including phenoxy) is 2.